The minimum Gasteiger partial charge on any atom is -0.364 e. The van der Waals surface area contributed by atoms with E-state index in [4.69, 9.17) is 16.1 Å². The summed E-state index contributed by atoms with van der Waals surface area (Å²) in [5.41, 5.74) is 1.90. The van der Waals surface area contributed by atoms with E-state index in [1.807, 2.05) is 0 Å². The predicted molar refractivity (Wildman–Crippen MR) is 117 cm³/mol. The van der Waals surface area contributed by atoms with Gasteiger partial charge in [-0.05, 0) is 18.2 Å². The number of aromatic nitrogens is 5. The minimum atomic E-state index is -0.480. The maximum Gasteiger partial charge on any atom is 0.244 e. The lowest BCUT2D eigenvalue weighted by atomic mass is 10.2. The van der Waals surface area contributed by atoms with Crippen LogP contribution in [0, 0.1) is 5.82 Å². The average molecular weight is 470 g/mol. The van der Waals surface area contributed by atoms with Gasteiger partial charge in [0.05, 0.1) is 18.8 Å². The van der Waals surface area contributed by atoms with Crippen molar-refractivity contribution in [1.29, 1.82) is 0 Å². The number of hydrogen-bond donors (Lipinski definition) is 2. The minimum absolute atomic E-state index is 0.144. The van der Waals surface area contributed by atoms with Gasteiger partial charge in [0.15, 0.2) is 5.82 Å². The first kappa shape index (κ1) is 22.1. The third kappa shape index (κ3) is 5.39. The van der Waals surface area contributed by atoms with Crippen LogP contribution in [0.1, 0.15) is 5.56 Å². The van der Waals surface area contributed by atoms with Gasteiger partial charge in [-0.15, -0.1) is 11.6 Å². The van der Waals surface area contributed by atoms with Crippen LogP contribution in [0.15, 0.2) is 59.4 Å². The largest absolute Gasteiger partial charge is 0.364 e. The molecule has 0 saturated heterocycles. The molecule has 0 aliphatic carbocycles. The SMILES string of the molecule is O=C(CCl)NCC(=O)Nc1ccnc(-c2cc(-c3ccon3)n(Cc3ccccc3F)n2)n1. The highest BCUT2D eigenvalue weighted by Crippen LogP contribution is 2.25. The molecule has 12 heteroatoms. The second-order valence-corrected chi connectivity index (χ2v) is 7.04. The van der Waals surface area contributed by atoms with Crippen molar-refractivity contribution in [2.45, 2.75) is 6.54 Å². The number of halogens is 2. The zero-order chi connectivity index (χ0) is 23.2. The van der Waals surface area contributed by atoms with Crippen LogP contribution in [0.4, 0.5) is 10.2 Å². The second-order valence-electron chi connectivity index (χ2n) is 6.77. The van der Waals surface area contributed by atoms with Gasteiger partial charge in [-0.25, -0.2) is 14.4 Å². The topological polar surface area (TPSA) is 128 Å². The van der Waals surface area contributed by atoms with Gasteiger partial charge in [0, 0.05) is 17.8 Å². The smallest absolute Gasteiger partial charge is 0.244 e. The van der Waals surface area contributed by atoms with E-state index in [1.165, 1.54) is 24.6 Å². The normalized spacial score (nSPS) is 10.7. The molecule has 0 radical (unpaired) electrons. The molecule has 3 aromatic heterocycles. The summed E-state index contributed by atoms with van der Waals surface area (Å²) in [7, 11) is 0. The second kappa shape index (κ2) is 10.0. The van der Waals surface area contributed by atoms with E-state index in [1.54, 1.807) is 35.0 Å². The molecule has 2 amide bonds. The Morgan fingerprint density at radius 3 is 2.73 bits per heavy atom. The van der Waals surface area contributed by atoms with Crippen LogP contribution in [0.5, 0.6) is 0 Å². The number of nitrogens with one attached hydrogen (secondary N) is 2. The lowest BCUT2D eigenvalue weighted by Crippen LogP contribution is -2.33. The van der Waals surface area contributed by atoms with Crippen molar-refractivity contribution in [2.24, 2.45) is 0 Å². The molecule has 0 spiro atoms. The van der Waals surface area contributed by atoms with Gasteiger partial charge in [-0.2, -0.15) is 5.10 Å². The van der Waals surface area contributed by atoms with Crippen molar-refractivity contribution < 1.29 is 18.5 Å². The molecule has 4 rings (SSSR count). The van der Waals surface area contributed by atoms with Gasteiger partial charge in [-0.1, -0.05) is 23.4 Å². The number of benzene rings is 1. The standard InChI is InChI=1S/C21H17ClFN7O3/c22-10-19(31)25-11-20(32)26-18-5-7-24-21(27-18)16-9-17(15-6-8-33-29-15)30(28-16)12-13-3-1-2-4-14(13)23/h1-9H,10-12H2,(H,25,31)(H,24,26,27,32). The van der Waals surface area contributed by atoms with E-state index in [9.17, 15) is 14.0 Å². The molecule has 0 bridgehead atoms. The third-order valence-electron chi connectivity index (χ3n) is 4.48. The molecule has 1 aromatic carbocycles. The van der Waals surface area contributed by atoms with E-state index in [0.717, 1.165) is 0 Å². The highest BCUT2D eigenvalue weighted by molar-refractivity contribution is 6.27. The number of amides is 2. The first-order valence-corrected chi connectivity index (χ1v) is 10.2. The lowest BCUT2D eigenvalue weighted by Gasteiger charge is -2.07. The van der Waals surface area contributed by atoms with Crippen molar-refractivity contribution in [3.05, 3.63) is 66.3 Å². The number of carbonyl (C=O) groups is 2. The van der Waals surface area contributed by atoms with E-state index < -0.39 is 11.8 Å². The fourth-order valence-electron chi connectivity index (χ4n) is 2.95. The molecule has 0 aliphatic heterocycles. The predicted octanol–water partition coefficient (Wildman–Crippen LogP) is 2.48. The molecular formula is C21H17ClFN7O3. The number of alkyl halides is 1. The molecule has 0 saturated carbocycles. The Balaban J connectivity index is 1.60. The van der Waals surface area contributed by atoms with Crippen molar-refractivity contribution >= 4 is 29.2 Å². The Labute approximate surface area is 191 Å². The molecule has 0 unspecified atom stereocenters. The van der Waals surface area contributed by atoms with E-state index >= 15 is 0 Å². The molecule has 3 heterocycles. The van der Waals surface area contributed by atoms with Crippen LogP contribution in [0.25, 0.3) is 22.9 Å². The summed E-state index contributed by atoms with van der Waals surface area (Å²) in [5, 5.41) is 13.4. The molecule has 33 heavy (non-hydrogen) atoms. The number of hydrogen-bond acceptors (Lipinski definition) is 7. The zero-order valence-electron chi connectivity index (χ0n) is 17.0. The Bertz CT molecular complexity index is 1280. The number of anilines is 1. The summed E-state index contributed by atoms with van der Waals surface area (Å²) in [6.07, 6.45) is 2.88. The summed E-state index contributed by atoms with van der Waals surface area (Å²) in [6, 6.07) is 11.2. The van der Waals surface area contributed by atoms with E-state index in [2.05, 4.69) is 30.9 Å². The Kier molecular flexibility index (Phi) is 6.69. The zero-order valence-corrected chi connectivity index (χ0v) is 17.8. The Hall–Kier alpha value is -4.12. The molecule has 2 N–H and O–H groups in total. The van der Waals surface area contributed by atoms with Gasteiger partial charge < -0.3 is 15.2 Å². The number of carbonyl (C=O) groups excluding carboxylic acids is 2. The van der Waals surface area contributed by atoms with Gasteiger partial charge in [0.2, 0.25) is 11.8 Å². The number of rotatable bonds is 8. The van der Waals surface area contributed by atoms with Gasteiger partial charge in [0.25, 0.3) is 0 Å². The third-order valence-corrected chi connectivity index (χ3v) is 4.72. The van der Waals surface area contributed by atoms with Crippen molar-refractivity contribution in [2.75, 3.05) is 17.7 Å². The molecule has 0 fully saturated rings. The van der Waals surface area contributed by atoms with Crippen LogP contribution >= 0.6 is 11.6 Å². The lowest BCUT2D eigenvalue weighted by molar-refractivity contribution is -0.122. The van der Waals surface area contributed by atoms with Crippen molar-refractivity contribution in [3.8, 4) is 22.9 Å². The van der Waals surface area contributed by atoms with Gasteiger partial charge >= 0.3 is 0 Å². The Morgan fingerprint density at radius 2 is 1.97 bits per heavy atom. The summed E-state index contributed by atoms with van der Waals surface area (Å²) in [6.45, 7) is -0.107. The van der Waals surface area contributed by atoms with Crippen molar-refractivity contribution in [3.63, 3.8) is 0 Å². The molecule has 10 nitrogen and oxygen atoms in total. The summed E-state index contributed by atoms with van der Waals surface area (Å²) in [5.74, 6) is -1.09. The van der Waals surface area contributed by atoms with Crippen molar-refractivity contribution in [1.82, 2.24) is 30.2 Å². The maximum atomic E-state index is 14.2. The monoisotopic (exact) mass is 469 g/mol. The van der Waals surface area contributed by atoms with Crippen LogP contribution < -0.4 is 10.6 Å². The number of nitrogens with zero attached hydrogens (tertiary/aromatic N) is 5. The fourth-order valence-corrected chi connectivity index (χ4v) is 3.04. The summed E-state index contributed by atoms with van der Waals surface area (Å²) >= 11 is 5.39. The highest BCUT2D eigenvalue weighted by atomic mass is 35.5. The van der Waals surface area contributed by atoms with Crippen LogP contribution in [0.3, 0.4) is 0 Å². The first-order valence-electron chi connectivity index (χ1n) is 9.71. The molecule has 4 aromatic rings. The van der Waals surface area contributed by atoms with Gasteiger partial charge in [-0.3, -0.25) is 14.3 Å². The molecular weight excluding hydrogens is 453 g/mol. The average Bonchev–Trinajstić information content (AvgIpc) is 3.49. The highest BCUT2D eigenvalue weighted by Gasteiger charge is 2.17. The molecule has 168 valence electrons. The van der Waals surface area contributed by atoms with E-state index in [-0.39, 0.29) is 36.4 Å². The van der Waals surface area contributed by atoms with Crippen LogP contribution in [-0.4, -0.2) is 49.1 Å². The molecule has 0 aliphatic rings. The quantitative estimate of drug-likeness (QED) is 0.379. The summed E-state index contributed by atoms with van der Waals surface area (Å²) in [4.78, 5) is 31.8. The maximum absolute atomic E-state index is 14.2. The van der Waals surface area contributed by atoms with E-state index in [0.29, 0.717) is 22.6 Å². The molecule has 0 atom stereocenters. The first-order chi connectivity index (χ1) is 16.0. The van der Waals surface area contributed by atoms with Crippen LogP contribution in [-0.2, 0) is 16.1 Å². The fraction of sp³-hybridized carbons (Fsp3) is 0.143. The summed E-state index contributed by atoms with van der Waals surface area (Å²) < 4.78 is 20.7. The van der Waals surface area contributed by atoms with Crippen LogP contribution in [0.2, 0.25) is 0 Å². The Morgan fingerprint density at radius 1 is 1.12 bits per heavy atom. The van der Waals surface area contributed by atoms with Gasteiger partial charge in [0.1, 0.15) is 35.2 Å².